The Hall–Kier alpha value is -1.41. The van der Waals surface area contributed by atoms with E-state index in [0.717, 1.165) is 21.0 Å². The van der Waals surface area contributed by atoms with Crippen molar-refractivity contribution in [3.8, 4) is 5.75 Å². The van der Waals surface area contributed by atoms with Gasteiger partial charge in [0, 0.05) is 0 Å². The van der Waals surface area contributed by atoms with Gasteiger partial charge in [-0.2, -0.15) is 0 Å². The maximum absolute atomic E-state index is 9.77. The Morgan fingerprint density at radius 2 is 1.96 bits per heavy atom. The molecule has 0 bridgehead atoms. The van der Waals surface area contributed by atoms with Gasteiger partial charge in [-0.3, -0.25) is 0 Å². The second-order valence-corrected chi connectivity index (χ2v) is 7.91. The Morgan fingerprint density at radius 1 is 1.29 bits per heavy atom. The lowest BCUT2D eigenvalue weighted by atomic mass is 9.78. The van der Waals surface area contributed by atoms with Crippen LogP contribution < -0.4 is 4.74 Å². The van der Waals surface area contributed by atoms with E-state index in [1.54, 1.807) is 7.11 Å². The van der Waals surface area contributed by atoms with Gasteiger partial charge in [0.25, 0.3) is 0 Å². The van der Waals surface area contributed by atoms with Crippen molar-refractivity contribution < 1.29 is 19.2 Å². The fourth-order valence-corrected chi connectivity index (χ4v) is 3.43. The standard InChI is InChI=1S/C17H22BNO4S/c1-16(2)17(3,4)23-18(22-16)11(10-20)8-15-19-13-7-6-12(21-5)9-14(13)24-15/h6-9,20H,10H2,1-5H3. The summed E-state index contributed by atoms with van der Waals surface area (Å²) in [7, 11) is 1.08. The largest absolute Gasteiger partial charge is 0.497 e. The number of aliphatic hydroxyl groups excluding tert-OH is 1. The highest BCUT2D eigenvalue weighted by atomic mass is 32.1. The van der Waals surface area contributed by atoms with Crippen LogP contribution in [-0.4, -0.2) is 42.1 Å². The van der Waals surface area contributed by atoms with E-state index in [0.29, 0.717) is 5.47 Å². The summed E-state index contributed by atoms with van der Waals surface area (Å²) in [6.07, 6.45) is 1.85. The summed E-state index contributed by atoms with van der Waals surface area (Å²) < 4.78 is 18.3. The van der Waals surface area contributed by atoms with Gasteiger partial charge in [0.05, 0.1) is 35.1 Å². The topological polar surface area (TPSA) is 60.8 Å². The molecule has 2 heterocycles. The number of nitrogens with zero attached hydrogens (tertiary/aromatic N) is 1. The molecule has 1 aliphatic rings. The number of rotatable bonds is 4. The molecular formula is C17H22BNO4S. The first kappa shape index (κ1) is 17.4. The summed E-state index contributed by atoms with van der Waals surface area (Å²) in [5.74, 6) is 0.801. The molecule has 0 aliphatic carbocycles. The summed E-state index contributed by atoms with van der Waals surface area (Å²) in [6, 6.07) is 5.77. The van der Waals surface area contributed by atoms with E-state index in [-0.39, 0.29) is 6.61 Å². The van der Waals surface area contributed by atoms with E-state index in [2.05, 4.69) is 4.98 Å². The Bertz CT molecular complexity index is 768. The molecule has 7 heteroatoms. The van der Waals surface area contributed by atoms with Gasteiger partial charge in [0.15, 0.2) is 0 Å². The fourth-order valence-electron chi connectivity index (χ4n) is 2.45. The molecule has 0 amide bonds. The van der Waals surface area contributed by atoms with Gasteiger partial charge in [-0.05, 0) is 57.4 Å². The molecule has 0 saturated carbocycles. The highest BCUT2D eigenvalue weighted by Gasteiger charge is 2.52. The molecular weight excluding hydrogens is 325 g/mol. The third-order valence-electron chi connectivity index (χ3n) is 4.66. The average molecular weight is 347 g/mol. The van der Waals surface area contributed by atoms with E-state index in [1.165, 1.54) is 11.3 Å². The molecule has 0 unspecified atom stereocenters. The molecule has 2 aromatic rings. The van der Waals surface area contributed by atoms with Gasteiger partial charge in [-0.25, -0.2) is 4.98 Å². The van der Waals surface area contributed by atoms with Crippen LogP contribution in [0.4, 0.5) is 0 Å². The van der Waals surface area contributed by atoms with Crippen molar-refractivity contribution in [1.82, 2.24) is 4.98 Å². The van der Waals surface area contributed by atoms with Crippen molar-refractivity contribution in [3.63, 3.8) is 0 Å². The zero-order valence-electron chi connectivity index (χ0n) is 14.6. The van der Waals surface area contributed by atoms with E-state index in [1.807, 2.05) is 52.0 Å². The first-order valence-electron chi connectivity index (χ1n) is 7.87. The van der Waals surface area contributed by atoms with Crippen LogP contribution in [0.25, 0.3) is 16.3 Å². The van der Waals surface area contributed by atoms with Crippen LogP contribution in [-0.2, 0) is 9.31 Å². The molecule has 1 saturated heterocycles. The minimum absolute atomic E-state index is 0.143. The quantitative estimate of drug-likeness (QED) is 0.860. The predicted octanol–water partition coefficient (Wildman–Crippen LogP) is 3.31. The van der Waals surface area contributed by atoms with Crippen molar-refractivity contribution in [1.29, 1.82) is 0 Å². The van der Waals surface area contributed by atoms with Crippen molar-refractivity contribution in [3.05, 3.63) is 28.7 Å². The number of hydrogen-bond donors (Lipinski definition) is 1. The Balaban J connectivity index is 1.91. The Kier molecular flexibility index (Phi) is 4.46. The van der Waals surface area contributed by atoms with Crippen molar-refractivity contribution in [2.75, 3.05) is 13.7 Å². The summed E-state index contributed by atoms with van der Waals surface area (Å²) in [5.41, 5.74) is 0.692. The molecule has 1 aromatic heterocycles. The number of benzene rings is 1. The number of methoxy groups -OCH3 is 1. The Morgan fingerprint density at radius 3 is 2.54 bits per heavy atom. The van der Waals surface area contributed by atoms with Crippen LogP contribution in [0.1, 0.15) is 32.7 Å². The molecule has 1 aromatic carbocycles. The molecule has 128 valence electrons. The van der Waals surface area contributed by atoms with Crippen LogP contribution >= 0.6 is 11.3 Å². The molecule has 1 N–H and O–H groups in total. The summed E-state index contributed by atoms with van der Waals surface area (Å²) in [6.45, 7) is 7.83. The van der Waals surface area contributed by atoms with Crippen LogP contribution in [0, 0.1) is 0 Å². The molecule has 0 spiro atoms. The first-order valence-corrected chi connectivity index (χ1v) is 8.69. The lowest BCUT2D eigenvalue weighted by Crippen LogP contribution is -2.41. The molecule has 1 fully saturated rings. The maximum atomic E-state index is 9.77. The molecule has 0 radical (unpaired) electrons. The minimum atomic E-state index is -0.568. The van der Waals surface area contributed by atoms with E-state index in [9.17, 15) is 5.11 Å². The number of hydrogen-bond acceptors (Lipinski definition) is 6. The van der Waals surface area contributed by atoms with E-state index in [4.69, 9.17) is 14.0 Å². The van der Waals surface area contributed by atoms with Gasteiger partial charge < -0.3 is 19.2 Å². The highest BCUT2D eigenvalue weighted by molar-refractivity contribution is 7.19. The van der Waals surface area contributed by atoms with Gasteiger partial charge in [0.1, 0.15) is 10.8 Å². The number of aliphatic hydroxyl groups is 1. The lowest BCUT2D eigenvalue weighted by molar-refractivity contribution is 0.00578. The third-order valence-corrected chi connectivity index (χ3v) is 5.62. The smallest absolute Gasteiger partial charge is 0.493 e. The van der Waals surface area contributed by atoms with Crippen molar-refractivity contribution in [2.45, 2.75) is 38.9 Å². The number of thiazole rings is 1. The normalized spacial score (nSPS) is 19.9. The van der Waals surface area contributed by atoms with E-state index < -0.39 is 18.3 Å². The minimum Gasteiger partial charge on any atom is -0.497 e. The number of aromatic nitrogens is 1. The monoisotopic (exact) mass is 347 g/mol. The zero-order chi connectivity index (χ0) is 17.5. The molecule has 3 rings (SSSR count). The average Bonchev–Trinajstić information content (AvgIpc) is 3.01. The Labute approximate surface area is 146 Å². The lowest BCUT2D eigenvalue weighted by Gasteiger charge is -2.32. The van der Waals surface area contributed by atoms with Crippen molar-refractivity contribution >= 4 is 34.7 Å². The molecule has 1 aliphatic heterocycles. The van der Waals surface area contributed by atoms with Gasteiger partial charge in [0.2, 0.25) is 0 Å². The zero-order valence-corrected chi connectivity index (χ0v) is 15.4. The highest BCUT2D eigenvalue weighted by Crippen LogP contribution is 2.39. The molecule has 24 heavy (non-hydrogen) atoms. The second-order valence-electron chi connectivity index (χ2n) is 6.85. The third kappa shape index (κ3) is 3.09. The van der Waals surface area contributed by atoms with E-state index >= 15 is 0 Å². The summed E-state index contributed by atoms with van der Waals surface area (Å²) >= 11 is 1.54. The summed E-state index contributed by atoms with van der Waals surface area (Å²) in [4.78, 5) is 4.58. The van der Waals surface area contributed by atoms with Crippen LogP contribution in [0.3, 0.4) is 0 Å². The van der Waals surface area contributed by atoms with Gasteiger partial charge >= 0.3 is 7.12 Å². The van der Waals surface area contributed by atoms with Gasteiger partial charge in [-0.1, -0.05) is 0 Å². The molecule has 5 nitrogen and oxygen atoms in total. The number of fused-ring (bicyclic) bond motifs is 1. The van der Waals surface area contributed by atoms with Crippen LogP contribution in [0.15, 0.2) is 23.7 Å². The second kappa shape index (κ2) is 6.15. The predicted molar refractivity (Wildman–Crippen MR) is 97.3 cm³/mol. The summed E-state index contributed by atoms with van der Waals surface area (Å²) in [5, 5.41) is 10.6. The first-order chi connectivity index (χ1) is 11.3. The van der Waals surface area contributed by atoms with Crippen LogP contribution in [0.2, 0.25) is 0 Å². The number of ether oxygens (including phenoxy) is 1. The van der Waals surface area contributed by atoms with Gasteiger partial charge in [-0.15, -0.1) is 11.3 Å². The van der Waals surface area contributed by atoms with Crippen LogP contribution in [0.5, 0.6) is 5.75 Å². The SMILES string of the molecule is COc1ccc2nc(C=C(CO)B3OC(C)(C)C(C)(C)O3)sc2c1. The maximum Gasteiger partial charge on any atom is 0.493 e. The fraction of sp³-hybridized carbons (Fsp3) is 0.471. The van der Waals surface area contributed by atoms with Crippen molar-refractivity contribution in [2.24, 2.45) is 0 Å². The molecule has 0 atom stereocenters.